The van der Waals surface area contributed by atoms with Gasteiger partial charge in [0.2, 0.25) is 0 Å². The van der Waals surface area contributed by atoms with Crippen LogP contribution in [-0.4, -0.2) is 53.9 Å². The van der Waals surface area contributed by atoms with E-state index in [1.807, 2.05) is 43.3 Å². The summed E-state index contributed by atoms with van der Waals surface area (Å²) in [5.41, 5.74) is 4.40. The molecule has 0 aliphatic carbocycles. The molecule has 2 aromatic carbocycles. The van der Waals surface area contributed by atoms with Gasteiger partial charge in [0.1, 0.15) is 12.4 Å². The van der Waals surface area contributed by atoms with Gasteiger partial charge in [-0.1, -0.05) is 23.7 Å². The molecule has 3 aromatic rings. The Hall–Kier alpha value is -2.93. The number of nitrogens with zero attached hydrogens (tertiary/aromatic N) is 3. The Balaban J connectivity index is 1.31. The molecule has 1 saturated heterocycles. The van der Waals surface area contributed by atoms with Gasteiger partial charge in [-0.2, -0.15) is 0 Å². The van der Waals surface area contributed by atoms with E-state index in [9.17, 15) is 4.79 Å². The Kier molecular flexibility index (Phi) is 7.60. The number of aryl methyl sites for hydroxylation is 1. The predicted molar refractivity (Wildman–Crippen MR) is 132 cm³/mol. The van der Waals surface area contributed by atoms with Crippen LogP contribution in [0.4, 0.5) is 5.69 Å². The summed E-state index contributed by atoms with van der Waals surface area (Å²) < 4.78 is 5.79. The van der Waals surface area contributed by atoms with Crippen LogP contribution in [0.15, 0.2) is 60.8 Å². The average Bonchev–Trinajstić information content (AvgIpc) is 2.80. The van der Waals surface area contributed by atoms with Crippen LogP contribution in [0.2, 0.25) is 5.02 Å². The van der Waals surface area contributed by atoms with Crippen LogP contribution in [-0.2, 0) is 13.2 Å². The summed E-state index contributed by atoms with van der Waals surface area (Å²) in [6, 6.07) is 16.9. The standard InChI is InChI=1S/C26H29ClN4O2/c1-19-9-10-28-23(15-19)18-33-25-8-7-22(16-24(25)27)29-26(32)21-5-3-20(4-6-21)17-31-13-11-30(2)12-14-31/h3-10,15-16H,11-14,17-18H2,1-2H3,(H,29,32). The van der Waals surface area contributed by atoms with Crippen molar-refractivity contribution in [2.45, 2.75) is 20.1 Å². The van der Waals surface area contributed by atoms with Crippen LogP contribution in [0.25, 0.3) is 0 Å². The fourth-order valence-electron chi connectivity index (χ4n) is 3.75. The smallest absolute Gasteiger partial charge is 0.255 e. The third-order valence-electron chi connectivity index (χ3n) is 5.76. The first-order valence-electron chi connectivity index (χ1n) is 11.1. The number of rotatable bonds is 7. The molecule has 7 heteroatoms. The minimum Gasteiger partial charge on any atom is -0.486 e. The molecule has 6 nitrogen and oxygen atoms in total. The van der Waals surface area contributed by atoms with Gasteiger partial charge in [0.25, 0.3) is 5.91 Å². The van der Waals surface area contributed by atoms with Crippen molar-refractivity contribution >= 4 is 23.2 Å². The number of halogens is 1. The molecule has 1 fully saturated rings. The van der Waals surface area contributed by atoms with Gasteiger partial charge in [0.15, 0.2) is 0 Å². The van der Waals surface area contributed by atoms with Crippen molar-refractivity contribution in [1.82, 2.24) is 14.8 Å². The van der Waals surface area contributed by atoms with E-state index in [4.69, 9.17) is 16.3 Å². The van der Waals surface area contributed by atoms with E-state index < -0.39 is 0 Å². The number of hydrogen-bond acceptors (Lipinski definition) is 5. The van der Waals surface area contributed by atoms with E-state index in [2.05, 4.69) is 27.1 Å². The maximum Gasteiger partial charge on any atom is 0.255 e. The zero-order chi connectivity index (χ0) is 23.2. The number of piperazine rings is 1. The first-order chi connectivity index (χ1) is 16.0. The lowest BCUT2D eigenvalue weighted by Crippen LogP contribution is -2.43. The van der Waals surface area contributed by atoms with E-state index >= 15 is 0 Å². The highest BCUT2D eigenvalue weighted by Crippen LogP contribution is 2.28. The average molecular weight is 465 g/mol. The first-order valence-corrected chi connectivity index (χ1v) is 11.5. The molecule has 1 aliphatic heterocycles. The lowest BCUT2D eigenvalue weighted by atomic mass is 10.1. The Morgan fingerprint density at radius 1 is 1.06 bits per heavy atom. The maximum absolute atomic E-state index is 12.7. The van der Waals surface area contributed by atoms with Crippen molar-refractivity contribution in [2.75, 3.05) is 38.5 Å². The number of benzene rings is 2. The van der Waals surface area contributed by atoms with Crippen LogP contribution in [0.1, 0.15) is 27.2 Å². The largest absolute Gasteiger partial charge is 0.486 e. The highest BCUT2D eigenvalue weighted by Gasteiger charge is 2.14. The monoisotopic (exact) mass is 464 g/mol. The van der Waals surface area contributed by atoms with Gasteiger partial charge in [-0.3, -0.25) is 14.7 Å². The Bertz CT molecular complexity index is 1100. The second-order valence-corrected chi connectivity index (χ2v) is 8.90. The zero-order valence-electron chi connectivity index (χ0n) is 19.1. The molecule has 0 spiro atoms. The van der Waals surface area contributed by atoms with E-state index in [0.29, 0.717) is 28.6 Å². The second kappa shape index (κ2) is 10.8. The zero-order valence-corrected chi connectivity index (χ0v) is 19.8. The lowest BCUT2D eigenvalue weighted by molar-refractivity contribution is 0.102. The number of anilines is 1. The number of pyridine rings is 1. The molecule has 1 N–H and O–H groups in total. The SMILES string of the molecule is Cc1ccnc(COc2ccc(NC(=O)c3ccc(CN4CCN(C)CC4)cc3)cc2Cl)c1. The molecule has 0 radical (unpaired) electrons. The highest BCUT2D eigenvalue weighted by atomic mass is 35.5. The Morgan fingerprint density at radius 3 is 2.52 bits per heavy atom. The molecule has 0 atom stereocenters. The van der Waals surface area contributed by atoms with Gasteiger partial charge < -0.3 is 15.0 Å². The number of aromatic nitrogens is 1. The Labute approximate surface area is 200 Å². The van der Waals surface area contributed by atoms with Gasteiger partial charge in [0.05, 0.1) is 10.7 Å². The number of carbonyl (C=O) groups is 1. The number of likely N-dealkylation sites (N-methyl/N-ethyl adjacent to an activating group) is 1. The highest BCUT2D eigenvalue weighted by molar-refractivity contribution is 6.32. The molecule has 0 bridgehead atoms. The third-order valence-corrected chi connectivity index (χ3v) is 6.05. The lowest BCUT2D eigenvalue weighted by Gasteiger charge is -2.32. The van der Waals surface area contributed by atoms with Gasteiger partial charge >= 0.3 is 0 Å². The summed E-state index contributed by atoms with van der Waals surface area (Å²) in [6.07, 6.45) is 1.76. The topological polar surface area (TPSA) is 57.7 Å². The summed E-state index contributed by atoms with van der Waals surface area (Å²) in [6.45, 7) is 7.57. The van der Waals surface area contributed by atoms with Gasteiger partial charge in [-0.25, -0.2) is 0 Å². The maximum atomic E-state index is 12.7. The van der Waals surface area contributed by atoms with Gasteiger partial charge in [-0.15, -0.1) is 0 Å². The van der Waals surface area contributed by atoms with Crippen LogP contribution < -0.4 is 10.1 Å². The summed E-state index contributed by atoms with van der Waals surface area (Å²) in [5.74, 6) is 0.376. The molecule has 4 rings (SSSR count). The molecule has 33 heavy (non-hydrogen) atoms. The second-order valence-electron chi connectivity index (χ2n) is 8.49. The van der Waals surface area contributed by atoms with Crippen molar-refractivity contribution in [3.8, 4) is 5.75 Å². The van der Waals surface area contributed by atoms with E-state index in [1.54, 1.807) is 24.4 Å². The summed E-state index contributed by atoms with van der Waals surface area (Å²) in [7, 11) is 2.15. The molecule has 1 aromatic heterocycles. The van der Waals surface area contributed by atoms with Crippen LogP contribution in [0, 0.1) is 6.92 Å². The van der Waals surface area contributed by atoms with Crippen molar-refractivity contribution in [1.29, 1.82) is 0 Å². The summed E-state index contributed by atoms with van der Waals surface area (Å²) >= 11 is 6.37. The number of amides is 1. The number of hydrogen-bond donors (Lipinski definition) is 1. The van der Waals surface area contributed by atoms with Crippen molar-refractivity contribution in [2.24, 2.45) is 0 Å². The van der Waals surface area contributed by atoms with Crippen molar-refractivity contribution in [3.05, 3.63) is 88.2 Å². The minimum absolute atomic E-state index is 0.171. The number of carbonyl (C=O) groups excluding carboxylic acids is 1. The third kappa shape index (κ3) is 6.54. The molecular formula is C26H29ClN4O2. The van der Waals surface area contributed by atoms with E-state index in [-0.39, 0.29) is 5.91 Å². The van der Waals surface area contributed by atoms with E-state index in [0.717, 1.165) is 44.0 Å². The van der Waals surface area contributed by atoms with Gasteiger partial charge in [0, 0.05) is 50.2 Å². The molecular weight excluding hydrogens is 436 g/mol. The summed E-state index contributed by atoms with van der Waals surface area (Å²) in [5, 5.41) is 3.34. The van der Waals surface area contributed by atoms with Crippen molar-refractivity contribution in [3.63, 3.8) is 0 Å². The molecule has 1 amide bonds. The molecule has 0 saturated carbocycles. The predicted octanol–water partition coefficient (Wildman–Crippen LogP) is 4.62. The Morgan fingerprint density at radius 2 is 1.82 bits per heavy atom. The number of nitrogens with one attached hydrogen (secondary N) is 1. The normalized spacial score (nSPS) is 14.8. The quantitative estimate of drug-likeness (QED) is 0.552. The number of ether oxygens (including phenoxy) is 1. The van der Waals surface area contributed by atoms with Gasteiger partial charge in [-0.05, 0) is 67.6 Å². The molecule has 1 aliphatic rings. The minimum atomic E-state index is -0.171. The first kappa shape index (κ1) is 23.2. The fourth-order valence-corrected chi connectivity index (χ4v) is 3.99. The summed E-state index contributed by atoms with van der Waals surface area (Å²) in [4.78, 5) is 21.8. The fraction of sp³-hybridized carbons (Fsp3) is 0.308. The molecule has 2 heterocycles. The van der Waals surface area contributed by atoms with Crippen LogP contribution >= 0.6 is 11.6 Å². The van der Waals surface area contributed by atoms with Crippen LogP contribution in [0.3, 0.4) is 0 Å². The van der Waals surface area contributed by atoms with E-state index in [1.165, 1.54) is 5.56 Å². The molecule has 172 valence electrons. The van der Waals surface area contributed by atoms with Crippen LogP contribution in [0.5, 0.6) is 5.75 Å². The van der Waals surface area contributed by atoms with Crippen molar-refractivity contribution < 1.29 is 9.53 Å². The molecule has 0 unspecified atom stereocenters.